The van der Waals surface area contributed by atoms with Crippen LogP contribution in [-0.4, -0.2) is 30.1 Å². The Morgan fingerprint density at radius 1 is 1.20 bits per heavy atom. The zero-order valence-corrected chi connectivity index (χ0v) is 16.1. The molecule has 25 heavy (non-hydrogen) atoms. The Bertz CT molecular complexity index is 718. The lowest BCUT2D eigenvalue weighted by molar-refractivity contribution is 0.0921. The van der Waals surface area contributed by atoms with Crippen LogP contribution in [0.5, 0.6) is 0 Å². The fourth-order valence-corrected chi connectivity index (χ4v) is 3.56. The van der Waals surface area contributed by atoms with E-state index in [9.17, 15) is 4.79 Å². The zero-order chi connectivity index (χ0) is 17.2. The van der Waals surface area contributed by atoms with Gasteiger partial charge in [-0.3, -0.25) is 4.79 Å². The lowest BCUT2D eigenvalue weighted by Crippen LogP contribution is -2.42. The number of nitrogens with one attached hydrogen (secondary N) is 2. The molecule has 1 fully saturated rings. The van der Waals surface area contributed by atoms with Crippen LogP contribution in [0.1, 0.15) is 41.5 Å². The van der Waals surface area contributed by atoms with Crippen LogP contribution in [0.3, 0.4) is 0 Å². The summed E-state index contributed by atoms with van der Waals surface area (Å²) in [6.45, 7) is 9.14. The van der Waals surface area contributed by atoms with Crippen molar-refractivity contribution in [3.05, 3.63) is 53.3 Å². The Morgan fingerprint density at radius 3 is 2.48 bits per heavy atom. The average Bonchev–Trinajstić information content (AvgIpc) is 2.89. The van der Waals surface area contributed by atoms with Gasteiger partial charge in [0, 0.05) is 23.6 Å². The summed E-state index contributed by atoms with van der Waals surface area (Å²) in [5.74, 6) is 0.0324. The lowest BCUT2D eigenvalue weighted by atomic mass is 9.81. The molecule has 2 aromatic rings. The van der Waals surface area contributed by atoms with E-state index in [4.69, 9.17) is 0 Å². The molecule has 1 aliphatic heterocycles. The van der Waals surface area contributed by atoms with Crippen LogP contribution >= 0.6 is 12.4 Å². The summed E-state index contributed by atoms with van der Waals surface area (Å²) in [5, 5.41) is 6.54. The van der Waals surface area contributed by atoms with E-state index >= 15 is 0 Å². The highest BCUT2D eigenvalue weighted by atomic mass is 35.5. The smallest absolute Gasteiger partial charge is 0.253 e. The predicted molar refractivity (Wildman–Crippen MR) is 105 cm³/mol. The van der Waals surface area contributed by atoms with Gasteiger partial charge < -0.3 is 15.2 Å². The van der Waals surface area contributed by atoms with E-state index in [0.717, 1.165) is 55.1 Å². The summed E-state index contributed by atoms with van der Waals surface area (Å²) in [5.41, 5.74) is 4.14. The van der Waals surface area contributed by atoms with Crippen molar-refractivity contribution in [2.24, 2.45) is 5.41 Å². The van der Waals surface area contributed by atoms with E-state index in [0.29, 0.717) is 0 Å². The van der Waals surface area contributed by atoms with Gasteiger partial charge in [-0.25, -0.2) is 0 Å². The zero-order valence-electron chi connectivity index (χ0n) is 15.3. The van der Waals surface area contributed by atoms with E-state index in [2.05, 4.69) is 34.3 Å². The van der Waals surface area contributed by atoms with Crippen molar-refractivity contribution in [3.63, 3.8) is 0 Å². The number of para-hydroxylation sites is 1. The highest BCUT2D eigenvalue weighted by Gasteiger charge is 2.27. The molecule has 1 aromatic heterocycles. The van der Waals surface area contributed by atoms with Crippen molar-refractivity contribution >= 4 is 18.3 Å². The molecule has 2 N–H and O–H groups in total. The van der Waals surface area contributed by atoms with Gasteiger partial charge in [-0.2, -0.15) is 0 Å². The summed E-state index contributed by atoms with van der Waals surface area (Å²) < 4.78 is 2.14. The SMILES string of the molecule is Cc1cc(C(=O)NCC2(C)CCNCC2)c(C)n1-c1ccccc1.Cl. The molecule has 0 radical (unpaired) electrons. The first-order chi connectivity index (χ1) is 11.5. The summed E-state index contributed by atoms with van der Waals surface area (Å²) >= 11 is 0. The molecular weight excluding hydrogens is 334 g/mol. The summed E-state index contributed by atoms with van der Waals surface area (Å²) in [7, 11) is 0. The van der Waals surface area contributed by atoms with E-state index in [1.165, 1.54) is 0 Å². The third kappa shape index (κ3) is 4.25. The van der Waals surface area contributed by atoms with Crippen molar-refractivity contribution in [1.82, 2.24) is 15.2 Å². The van der Waals surface area contributed by atoms with Crippen LogP contribution in [-0.2, 0) is 0 Å². The van der Waals surface area contributed by atoms with Crippen molar-refractivity contribution in [1.29, 1.82) is 0 Å². The molecular formula is C20H28ClN3O. The molecule has 4 nitrogen and oxygen atoms in total. The number of halogens is 1. The van der Waals surface area contributed by atoms with Crippen LogP contribution in [0.15, 0.2) is 36.4 Å². The van der Waals surface area contributed by atoms with Crippen LogP contribution in [0.25, 0.3) is 5.69 Å². The number of rotatable bonds is 4. The maximum Gasteiger partial charge on any atom is 0.253 e. The molecule has 2 heterocycles. The van der Waals surface area contributed by atoms with Crippen molar-refractivity contribution in [2.75, 3.05) is 19.6 Å². The largest absolute Gasteiger partial charge is 0.351 e. The molecule has 1 aromatic carbocycles. The Balaban J connectivity index is 0.00000225. The van der Waals surface area contributed by atoms with E-state index in [1.807, 2.05) is 38.1 Å². The number of amides is 1. The number of nitrogens with zero attached hydrogens (tertiary/aromatic N) is 1. The maximum atomic E-state index is 12.7. The number of carbonyl (C=O) groups excluding carboxylic acids is 1. The second-order valence-corrected chi connectivity index (χ2v) is 7.20. The fraction of sp³-hybridized carbons (Fsp3) is 0.450. The quantitative estimate of drug-likeness (QED) is 0.873. The van der Waals surface area contributed by atoms with Gasteiger partial charge in [0.25, 0.3) is 5.91 Å². The van der Waals surface area contributed by atoms with Crippen LogP contribution in [0.2, 0.25) is 0 Å². The van der Waals surface area contributed by atoms with E-state index < -0.39 is 0 Å². The minimum Gasteiger partial charge on any atom is -0.351 e. The van der Waals surface area contributed by atoms with Crippen molar-refractivity contribution in [2.45, 2.75) is 33.6 Å². The fourth-order valence-electron chi connectivity index (χ4n) is 3.56. The highest BCUT2D eigenvalue weighted by Crippen LogP contribution is 2.27. The Labute approximate surface area is 156 Å². The molecule has 0 bridgehead atoms. The van der Waals surface area contributed by atoms with E-state index in [-0.39, 0.29) is 23.7 Å². The molecule has 3 rings (SSSR count). The lowest BCUT2D eigenvalue weighted by Gasteiger charge is -2.34. The number of carbonyl (C=O) groups is 1. The van der Waals surface area contributed by atoms with Crippen molar-refractivity contribution < 1.29 is 4.79 Å². The van der Waals surface area contributed by atoms with Crippen LogP contribution in [0, 0.1) is 19.3 Å². The molecule has 0 unspecified atom stereocenters. The van der Waals surface area contributed by atoms with Gasteiger partial charge in [0.15, 0.2) is 0 Å². The molecule has 1 aliphatic rings. The summed E-state index contributed by atoms with van der Waals surface area (Å²) in [4.78, 5) is 12.7. The minimum atomic E-state index is 0. The number of aromatic nitrogens is 1. The highest BCUT2D eigenvalue weighted by molar-refractivity contribution is 5.96. The van der Waals surface area contributed by atoms with Gasteiger partial charge in [0.2, 0.25) is 0 Å². The summed E-state index contributed by atoms with van der Waals surface area (Å²) in [6.07, 6.45) is 2.21. The second-order valence-electron chi connectivity index (χ2n) is 7.20. The number of benzene rings is 1. The molecule has 0 saturated carbocycles. The molecule has 0 spiro atoms. The van der Waals surface area contributed by atoms with Gasteiger partial charge in [-0.15, -0.1) is 12.4 Å². The normalized spacial score (nSPS) is 16.1. The van der Waals surface area contributed by atoms with Gasteiger partial charge in [0.1, 0.15) is 0 Å². The van der Waals surface area contributed by atoms with E-state index in [1.54, 1.807) is 0 Å². The molecule has 0 aliphatic carbocycles. The van der Waals surface area contributed by atoms with Gasteiger partial charge >= 0.3 is 0 Å². The first-order valence-corrected chi connectivity index (χ1v) is 8.73. The second kappa shape index (κ2) is 8.07. The van der Waals surface area contributed by atoms with Crippen LogP contribution < -0.4 is 10.6 Å². The molecule has 1 saturated heterocycles. The Hall–Kier alpha value is -1.78. The first kappa shape index (κ1) is 19.5. The number of piperidine rings is 1. The number of aryl methyl sites for hydroxylation is 1. The Morgan fingerprint density at radius 2 is 1.84 bits per heavy atom. The van der Waals surface area contributed by atoms with Gasteiger partial charge in [-0.1, -0.05) is 25.1 Å². The standard InChI is InChI=1S/C20H27N3O.ClH/c1-15-13-18(16(2)23(15)17-7-5-4-6-8-17)19(24)22-14-20(3)9-11-21-12-10-20;/h4-8,13,21H,9-12,14H2,1-3H3,(H,22,24);1H. The first-order valence-electron chi connectivity index (χ1n) is 8.73. The van der Waals surface area contributed by atoms with Gasteiger partial charge in [-0.05, 0) is 63.4 Å². The van der Waals surface area contributed by atoms with Gasteiger partial charge in [0.05, 0.1) is 5.56 Å². The number of hydrogen-bond acceptors (Lipinski definition) is 2. The summed E-state index contributed by atoms with van der Waals surface area (Å²) in [6, 6.07) is 12.2. The van der Waals surface area contributed by atoms with Crippen molar-refractivity contribution in [3.8, 4) is 5.69 Å². The monoisotopic (exact) mass is 361 g/mol. The molecule has 0 atom stereocenters. The molecule has 5 heteroatoms. The Kier molecular flexibility index (Phi) is 6.31. The maximum absolute atomic E-state index is 12.7. The topological polar surface area (TPSA) is 46.1 Å². The molecule has 136 valence electrons. The van der Waals surface area contributed by atoms with Crippen LogP contribution in [0.4, 0.5) is 0 Å². The number of hydrogen-bond donors (Lipinski definition) is 2. The third-order valence-corrected chi connectivity index (χ3v) is 5.18. The molecule has 1 amide bonds. The predicted octanol–water partition coefficient (Wildman–Crippen LogP) is 3.64. The third-order valence-electron chi connectivity index (χ3n) is 5.18. The average molecular weight is 362 g/mol. The minimum absolute atomic E-state index is 0.